The molecule has 1 aromatic rings. The van der Waals surface area contributed by atoms with E-state index < -0.39 is 5.54 Å². The minimum Gasteiger partial charge on any atom is -0.352 e. The van der Waals surface area contributed by atoms with Crippen LogP contribution in [0.1, 0.15) is 49.7 Å². The summed E-state index contributed by atoms with van der Waals surface area (Å²) in [5.41, 5.74) is 1.57. The largest absolute Gasteiger partial charge is 0.352 e. The predicted octanol–water partition coefficient (Wildman–Crippen LogP) is 2.26. The third-order valence-corrected chi connectivity index (χ3v) is 5.23. The highest BCUT2D eigenvalue weighted by molar-refractivity contribution is 6.07. The second-order valence-corrected chi connectivity index (χ2v) is 6.98. The first-order valence-electron chi connectivity index (χ1n) is 8.97. The number of carbonyl (C=O) groups excluding carboxylic acids is 3. The van der Waals surface area contributed by atoms with E-state index in [2.05, 4.69) is 10.6 Å². The molecule has 0 bridgehead atoms. The van der Waals surface area contributed by atoms with Crippen molar-refractivity contribution in [2.24, 2.45) is 0 Å². The summed E-state index contributed by atoms with van der Waals surface area (Å²) >= 11 is 0. The van der Waals surface area contributed by atoms with E-state index in [0.717, 1.165) is 36.8 Å². The number of aryl methyl sites for hydroxylation is 1. The number of rotatable bonds is 6. The van der Waals surface area contributed by atoms with Crippen molar-refractivity contribution < 1.29 is 14.4 Å². The minimum atomic E-state index is -0.663. The number of benzene rings is 1. The number of hydrogen-bond donors (Lipinski definition) is 2. The molecule has 134 valence electrons. The molecule has 4 amide bonds. The van der Waals surface area contributed by atoms with Crippen LogP contribution in [0.5, 0.6) is 0 Å². The average Bonchev–Trinajstić information content (AvgIpc) is 3.15. The van der Waals surface area contributed by atoms with Crippen molar-refractivity contribution in [2.45, 2.75) is 57.5 Å². The Kier molecular flexibility index (Phi) is 5.06. The van der Waals surface area contributed by atoms with E-state index in [1.807, 2.05) is 31.2 Å². The Morgan fingerprint density at radius 3 is 2.68 bits per heavy atom. The lowest BCUT2D eigenvalue weighted by Crippen LogP contribution is -2.44. The SMILES string of the molecule is Cc1ccccc1CNC(=O)CCCN1C(=O)NC2(CCCC2)C1=O. The molecule has 2 N–H and O–H groups in total. The highest BCUT2D eigenvalue weighted by Gasteiger charge is 2.51. The van der Waals surface area contributed by atoms with Gasteiger partial charge in [-0.3, -0.25) is 14.5 Å². The zero-order valence-corrected chi connectivity index (χ0v) is 14.6. The summed E-state index contributed by atoms with van der Waals surface area (Å²) in [7, 11) is 0. The van der Waals surface area contributed by atoms with Gasteiger partial charge in [-0.25, -0.2) is 4.79 Å². The Morgan fingerprint density at radius 2 is 1.96 bits per heavy atom. The van der Waals surface area contributed by atoms with Gasteiger partial charge in [0.15, 0.2) is 0 Å². The van der Waals surface area contributed by atoms with Gasteiger partial charge in [0.1, 0.15) is 5.54 Å². The number of imide groups is 1. The predicted molar refractivity (Wildman–Crippen MR) is 93.7 cm³/mol. The Balaban J connectivity index is 1.43. The van der Waals surface area contributed by atoms with Crippen molar-refractivity contribution in [3.8, 4) is 0 Å². The van der Waals surface area contributed by atoms with Crippen LogP contribution >= 0.6 is 0 Å². The van der Waals surface area contributed by atoms with Crippen LogP contribution in [0, 0.1) is 6.92 Å². The highest BCUT2D eigenvalue weighted by Crippen LogP contribution is 2.35. The molecule has 1 heterocycles. The molecule has 1 aromatic carbocycles. The van der Waals surface area contributed by atoms with Gasteiger partial charge in [-0.2, -0.15) is 0 Å². The quantitative estimate of drug-likeness (QED) is 0.778. The van der Waals surface area contributed by atoms with E-state index in [9.17, 15) is 14.4 Å². The van der Waals surface area contributed by atoms with Gasteiger partial charge in [-0.1, -0.05) is 37.1 Å². The first-order chi connectivity index (χ1) is 12.0. The van der Waals surface area contributed by atoms with Gasteiger partial charge < -0.3 is 10.6 Å². The monoisotopic (exact) mass is 343 g/mol. The fourth-order valence-corrected chi connectivity index (χ4v) is 3.69. The molecule has 0 radical (unpaired) electrons. The molecule has 25 heavy (non-hydrogen) atoms. The van der Waals surface area contributed by atoms with Crippen LogP contribution in [0.15, 0.2) is 24.3 Å². The van der Waals surface area contributed by atoms with Crippen molar-refractivity contribution in [3.63, 3.8) is 0 Å². The molecule has 1 saturated heterocycles. The Bertz CT molecular complexity index is 680. The molecule has 0 unspecified atom stereocenters. The summed E-state index contributed by atoms with van der Waals surface area (Å²) < 4.78 is 0. The first kappa shape index (κ1) is 17.5. The third kappa shape index (κ3) is 3.67. The van der Waals surface area contributed by atoms with Crippen LogP contribution in [-0.2, 0) is 16.1 Å². The average molecular weight is 343 g/mol. The summed E-state index contributed by atoms with van der Waals surface area (Å²) in [5, 5.41) is 5.75. The van der Waals surface area contributed by atoms with Crippen molar-refractivity contribution in [1.82, 2.24) is 15.5 Å². The van der Waals surface area contributed by atoms with Gasteiger partial charge >= 0.3 is 6.03 Å². The van der Waals surface area contributed by atoms with Crippen LogP contribution in [-0.4, -0.2) is 34.8 Å². The maximum atomic E-state index is 12.5. The molecule has 6 nitrogen and oxygen atoms in total. The topological polar surface area (TPSA) is 78.5 Å². The summed E-state index contributed by atoms with van der Waals surface area (Å²) in [6.45, 7) is 2.81. The molecule has 0 aromatic heterocycles. The molecule has 1 spiro atoms. The van der Waals surface area contributed by atoms with Crippen molar-refractivity contribution >= 4 is 17.8 Å². The number of amides is 4. The van der Waals surface area contributed by atoms with Gasteiger partial charge in [0.25, 0.3) is 5.91 Å². The summed E-state index contributed by atoms with van der Waals surface area (Å²) in [6.07, 6.45) is 4.18. The molecule has 1 aliphatic heterocycles. The number of urea groups is 1. The molecular formula is C19H25N3O3. The van der Waals surface area contributed by atoms with E-state index >= 15 is 0 Å². The summed E-state index contributed by atoms with van der Waals surface area (Å²) in [6, 6.07) is 7.61. The van der Waals surface area contributed by atoms with Crippen LogP contribution < -0.4 is 10.6 Å². The third-order valence-electron chi connectivity index (χ3n) is 5.23. The zero-order valence-electron chi connectivity index (χ0n) is 14.6. The number of carbonyl (C=O) groups is 3. The van der Waals surface area contributed by atoms with E-state index in [4.69, 9.17) is 0 Å². The van der Waals surface area contributed by atoms with Crippen LogP contribution in [0.2, 0.25) is 0 Å². The Morgan fingerprint density at radius 1 is 1.24 bits per heavy atom. The molecule has 1 aliphatic carbocycles. The maximum absolute atomic E-state index is 12.5. The minimum absolute atomic E-state index is 0.0640. The molecule has 2 fully saturated rings. The van der Waals surface area contributed by atoms with Gasteiger partial charge in [-0.15, -0.1) is 0 Å². The molecule has 0 atom stereocenters. The van der Waals surface area contributed by atoms with Crippen LogP contribution in [0.4, 0.5) is 4.79 Å². The second kappa shape index (κ2) is 7.25. The van der Waals surface area contributed by atoms with Crippen molar-refractivity contribution in [3.05, 3.63) is 35.4 Å². The van der Waals surface area contributed by atoms with Gasteiger partial charge in [0, 0.05) is 19.5 Å². The number of nitrogens with one attached hydrogen (secondary N) is 2. The normalized spacial score (nSPS) is 18.7. The highest BCUT2D eigenvalue weighted by atomic mass is 16.2. The molecule has 6 heteroatoms. The first-order valence-corrected chi connectivity index (χ1v) is 8.97. The summed E-state index contributed by atoms with van der Waals surface area (Å²) in [4.78, 5) is 37.8. The lowest BCUT2D eigenvalue weighted by molar-refractivity contribution is -0.131. The second-order valence-electron chi connectivity index (χ2n) is 6.98. The molecular weight excluding hydrogens is 318 g/mol. The van der Waals surface area contributed by atoms with Crippen LogP contribution in [0.25, 0.3) is 0 Å². The lowest BCUT2D eigenvalue weighted by atomic mass is 9.98. The van der Waals surface area contributed by atoms with Crippen molar-refractivity contribution in [1.29, 1.82) is 0 Å². The number of hydrogen-bond acceptors (Lipinski definition) is 3. The number of nitrogens with zero attached hydrogens (tertiary/aromatic N) is 1. The van der Waals surface area contributed by atoms with Gasteiger partial charge in [-0.05, 0) is 37.3 Å². The maximum Gasteiger partial charge on any atom is 0.325 e. The molecule has 1 saturated carbocycles. The smallest absolute Gasteiger partial charge is 0.325 e. The fourth-order valence-electron chi connectivity index (χ4n) is 3.69. The molecule has 2 aliphatic rings. The lowest BCUT2D eigenvalue weighted by Gasteiger charge is -2.19. The van der Waals surface area contributed by atoms with E-state index in [1.165, 1.54) is 4.90 Å². The van der Waals surface area contributed by atoms with Crippen LogP contribution in [0.3, 0.4) is 0 Å². The fraction of sp³-hybridized carbons (Fsp3) is 0.526. The summed E-state index contributed by atoms with van der Waals surface area (Å²) in [5.74, 6) is -0.179. The Hall–Kier alpha value is -2.37. The van der Waals surface area contributed by atoms with E-state index in [0.29, 0.717) is 25.9 Å². The van der Waals surface area contributed by atoms with Gasteiger partial charge in [0.2, 0.25) is 5.91 Å². The van der Waals surface area contributed by atoms with Gasteiger partial charge in [0.05, 0.1) is 0 Å². The van der Waals surface area contributed by atoms with E-state index in [1.54, 1.807) is 0 Å². The van der Waals surface area contributed by atoms with Crippen molar-refractivity contribution in [2.75, 3.05) is 6.54 Å². The van der Waals surface area contributed by atoms with E-state index in [-0.39, 0.29) is 17.8 Å². The zero-order chi connectivity index (χ0) is 17.9. The Labute approximate surface area is 148 Å². The molecule has 3 rings (SSSR count). The standard InChI is InChI=1S/C19H25N3O3/c1-14-7-2-3-8-15(14)13-20-16(23)9-6-12-22-17(24)19(21-18(22)25)10-4-5-11-19/h2-3,7-8H,4-6,9-13H2,1H3,(H,20,23)(H,21,25).